The summed E-state index contributed by atoms with van der Waals surface area (Å²) in [6.45, 7) is 4.89. The van der Waals surface area contributed by atoms with Crippen LogP contribution in [-0.4, -0.2) is 45.2 Å². The van der Waals surface area contributed by atoms with Crippen LogP contribution in [0.15, 0.2) is 70.8 Å². The van der Waals surface area contributed by atoms with Gasteiger partial charge in [-0.3, -0.25) is 19.5 Å². The molecule has 0 saturated carbocycles. The van der Waals surface area contributed by atoms with Crippen molar-refractivity contribution in [2.24, 2.45) is 0 Å². The van der Waals surface area contributed by atoms with Gasteiger partial charge in [0.05, 0.1) is 24.8 Å². The highest BCUT2D eigenvalue weighted by atomic mass is 35.5. The summed E-state index contributed by atoms with van der Waals surface area (Å²) < 4.78 is 12.5. The predicted octanol–water partition coefficient (Wildman–Crippen LogP) is 8.13. The Balaban J connectivity index is 1.53. The van der Waals surface area contributed by atoms with E-state index in [0.717, 1.165) is 36.2 Å². The van der Waals surface area contributed by atoms with Crippen LogP contribution in [0.3, 0.4) is 0 Å². The number of anilines is 1. The number of hydrogen-bond donors (Lipinski definition) is 1. The molecule has 1 amide bonds. The minimum atomic E-state index is -1.01. The molecule has 2 aromatic heterocycles. The smallest absolute Gasteiger partial charge is 0.301 e. The Morgan fingerprint density at radius 1 is 1.00 bits per heavy atom. The average Bonchev–Trinajstić information content (AvgIpc) is 3.61. The van der Waals surface area contributed by atoms with Crippen LogP contribution in [0.5, 0.6) is 11.5 Å². The van der Waals surface area contributed by atoms with E-state index in [1.54, 1.807) is 42.5 Å². The van der Waals surface area contributed by atoms with E-state index >= 15 is 0 Å². The van der Waals surface area contributed by atoms with Gasteiger partial charge in [-0.05, 0) is 60.9 Å². The van der Waals surface area contributed by atoms with Gasteiger partial charge >= 0.3 is 5.91 Å². The van der Waals surface area contributed by atoms with E-state index < -0.39 is 17.7 Å². The number of halogens is 2. The highest BCUT2D eigenvalue weighted by molar-refractivity contribution is 8.00. The normalized spacial score (nSPS) is 15.9. The molecule has 0 radical (unpaired) electrons. The van der Waals surface area contributed by atoms with Crippen LogP contribution in [0.25, 0.3) is 5.76 Å². The van der Waals surface area contributed by atoms with Crippen molar-refractivity contribution in [1.82, 2.24) is 15.2 Å². The van der Waals surface area contributed by atoms with Crippen LogP contribution in [0.1, 0.15) is 55.8 Å². The van der Waals surface area contributed by atoms with Crippen molar-refractivity contribution < 1.29 is 24.2 Å². The van der Waals surface area contributed by atoms with E-state index in [4.69, 9.17) is 32.7 Å². The van der Waals surface area contributed by atoms with Gasteiger partial charge in [-0.2, -0.15) is 0 Å². The van der Waals surface area contributed by atoms with Gasteiger partial charge in [0, 0.05) is 33.8 Å². The van der Waals surface area contributed by atoms with Crippen molar-refractivity contribution in [1.29, 1.82) is 0 Å². The first-order valence-corrected chi connectivity index (χ1v) is 16.9. The van der Waals surface area contributed by atoms with E-state index in [1.165, 1.54) is 29.1 Å². The number of nitrogens with zero attached hydrogens (tertiary/aromatic N) is 4. The number of rotatable bonds is 13. The van der Waals surface area contributed by atoms with Gasteiger partial charge in [0.1, 0.15) is 5.76 Å². The fourth-order valence-electron chi connectivity index (χ4n) is 4.76. The molecule has 13 heteroatoms. The lowest BCUT2D eigenvalue weighted by molar-refractivity contribution is -0.132. The number of pyridine rings is 1. The summed E-state index contributed by atoms with van der Waals surface area (Å²) in [5, 5.41) is 21.2. The quantitative estimate of drug-likeness (QED) is 0.0372. The summed E-state index contributed by atoms with van der Waals surface area (Å²) >= 11 is 14.9. The van der Waals surface area contributed by atoms with Crippen molar-refractivity contribution in [2.75, 3.05) is 18.1 Å². The molecule has 1 N–H and O–H groups in total. The van der Waals surface area contributed by atoms with Gasteiger partial charge in [-0.15, -0.1) is 10.2 Å². The molecule has 1 unspecified atom stereocenters. The molecule has 1 fully saturated rings. The predicted molar refractivity (Wildman–Crippen MR) is 178 cm³/mol. The fraction of sp³-hybridized carbons (Fsp3) is 0.281. The standard InChI is InChI=1S/C32H30Cl2N4O5S2/c1-3-5-6-15-43-24-10-8-20(16-25(24)42-4-2)27-26(28(39)19-11-13-35-14-12-19)29(40)30(41)38(27)31-36-37-32(45-31)44-18-21-7-9-22(33)17-23(21)34/h7-14,16-17,27,39H,3-6,15,18H2,1-2H3/b28-26+. The third kappa shape index (κ3) is 7.44. The Bertz CT molecular complexity index is 1720. The first-order valence-electron chi connectivity index (χ1n) is 14.3. The highest BCUT2D eigenvalue weighted by Crippen LogP contribution is 2.46. The SMILES string of the molecule is CCCCCOc1ccc(C2/C(=C(\O)c3ccncc3)C(=O)C(=O)N2c2nnc(SCc3ccc(Cl)cc3Cl)s2)cc1OCC. The molecule has 9 nitrogen and oxygen atoms in total. The monoisotopic (exact) mass is 684 g/mol. The largest absolute Gasteiger partial charge is 0.507 e. The van der Waals surface area contributed by atoms with Gasteiger partial charge in [0.25, 0.3) is 5.78 Å². The van der Waals surface area contributed by atoms with E-state index in [1.807, 2.05) is 13.0 Å². The summed E-state index contributed by atoms with van der Waals surface area (Å²) in [5.74, 6) is -0.483. The van der Waals surface area contributed by atoms with Gasteiger partial charge in [-0.25, -0.2) is 0 Å². The van der Waals surface area contributed by atoms with Crippen molar-refractivity contribution in [2.45, 2.75) is 49.2 Å². The highest BCUT2D eigenvalue weighted by Gasteiger charge is 2.48. The Labute approximate surface area is 279 Å². The third-order valence-electron chi connectivity index (χ3n) is 6.96. The second-order valence-electron chi connectivity index (χ2n) is 9.97. The van der Waals surface area contributed by atoms with Gasteiger partial charge in [0.15, 0.2) is 15.8 Å². The van der Waals surface area contributed by atoms with Gasteiger partial charge in [-0.1, -0.05) is 78.2 Å². The number of benzene rings is 2. The second kappa shape index (κ2) is 15.1. The third-order valence-corrected chi connectivity index (χ3v) is 9.65. The number of amides is 1. The maximum absolute atomic E-state index is 13.6. The number of thioether (sulfide) groups is 1. The molecule has 45 heavy (non-hydrogen) atoms. The number of aliphatic hydroxyl groups excluding tert-OH is 1. The first kappa shape index (κ1) is 32.7. The van der Waals surface area contributed by atoms with E-state index in [0.29, 0.717) is 56.0 Å². The summed E-state index contributed by atoms with van der Waals surface area (Å²) in [5.41, 5.74) is 1.66. The Kier molecular flexibility index (Phi) is 11.0. The van der Waals surface area contributed by atoms with Gasteiger partial charge in [0.2, 0.25) is 5.13 Å². The lowest BCUT2D eigenvalue weighted by atomic mass is 9.95. The Morgan fingerprint density at radius 2 is 1.80 bits per heavy atom. The van der Waals surface area contributed by atoms with Crippen molar-refractivity contribution in [3.8, 4) is 11.5 Å². The number of ether oxygens (including phenoxy) is 2. The number of hydrogen-bond acceptors (Lipinski definition) is 10. The lowest BCUT2D eigenvalue weighted by Gasteiger charge is -2.23. The number of Topliss-reactive ketones (excluding diaryl/α,β-unsaturated/α-hetero) is 1. The Morgan fingerprint density at radius 3 is 2.53 bits per heavy atom. The van der Waals surface area contributed by atoms with Crippen LogP contribution >= 0.6 is 46.3 Å². The number of aromatic nitrogens is 3. The average molecular weight is 686 g/mol. The molecule has 0 spiro atoms. The molecule has 1 aliphatic heterocycles. The van der Waals surface area contributed by atoms with Crippen LogP contribution in [0.4, 0.5) is 5.13 Å². The van der Waals surface area contributed by atoms with Crippen molar-refractivity contribution in [3.63, 3.8) is 0 Å². The maximum atomic E-state index is 13.6. The zero-order chi connectivity index (χ0) is 31.9. The molecule has 234 valence electrons. The molecule has 1 atom stereocenters. The molecule has 0 aliphatic carbocycles. The first-order chi connectivity index (χ1) is 21.8. The molecule has 0 bridgehead atoms. The molecule has 3 heterocycles. The zero-order valence-electron chi connectivity index (χ0n) is 24.5. The summed E-state index contributed by atoms with van der Waals surface area (Å²) in [6.07, 6.45) is 6.01. The van der Waals surface area contributed by atoms with Crippen LogP contribution in [0.2, 0.25) is 10.0 Å². The van der Waals surface area contributed by atoms with Crippen molar-refractivity contribution in [3.05, 3.63) is 93.2 Å². The molecular formula is C32H30Cl2N4O5S2. The molecular weight excluding hydrogens is 655 g/mol. The number of unbranched alkanes of at least 4 members (excludes halogenated alkanes) is 2. The molecule has 2 aromatic carbocycles. The van der Waals surface area contributed by atoms with E-state index in [9.17, 15) is 14.7 Å². The molecule has 1 aliphatic rings. The van der Waals surface area contributed by atoms with Crippen molar-refractivity contribution >= 4 is 68.9 Å². The lowest BCUT2D eigenvalue weighted by Crippen LogP contribution is -2.29. The number of ketones is 1. The minimum absolute atomic E-state index is 0.0809. The zero-order valence-corrected chi connectivity index (χ0v) is 27.7. The summed E-state index contributed by atoms with van der Waals surface area (Å²) in [6, 6.07) is 12.7. The second-order valence-corrected chi connectivity index (χ2v) is 13.0. The maximum Gasteiger partial charge on any atom is 0.301 e. The van der Waals surface area contributed by atoms with E-state index in [-0.39, 0.29) is 16.5 Å². The number of carbonyl (C=O) groups excluding carboxylic acids is 2. The number of carbonyl (C=O) groups is 2. The fourth-order valence-corrected chi connectivity index (χ4v) is 7.19. The topological polar surface area (TPSA) is 115 Å². The van der Waals surface area contributed by atoms with Crippen LogP contribution in [-0.2, 0) is 15.3 Å². The molecule has 1 saturated heterocycles. The summed E-state index contributed by atoms with van der Waals surface area (Å²) in [7, 11) is 0. The Hall–Kier alpha value is -3.64. The summed E-state index contributed by atoms with van der Waals surface area (Å²) in [4.78, 5) is 32.5. The van der Waals surface area contributed by atoms with E-state index in [2.05, 4.69) is 22.1 Å². The van der Waals surface area contributed by atoms with Crippen LogP contribution in [0, 0.1) is 0 Å². The van der Waals surface area contributed by atoms with Gasteiger partial charge < -0.3 is 14.6 Å². The minimum Gasteiger partial charge on any atom is -0.507 e. The molecule has 5 rings (SSSR count). The van der Waals surface area contributed by atoms with Crippen LogP contribution < -0.4 is 14.4 Å². The molecule has 4 aromatic rings. The number of aliphatic hydroxyl groups is 1.